The first-order valence-corrected chi connectivity index (χ1v) is 9.43. The van der Waals surface area contributed by atoms with E-state index in [9.17, 15) is 25.0 Å². The van der Waals surface area contributed by atoms with Crippen molar-refractivity contribution in [3.05, 3.63) is 105 Å². The standard InChI is InChI=1S/C24H17N3O5/c1-16-6-10-18(11-7-16)24(29)32-20-12-8-17(9-13-20)14-19(15-25)23(28)26-21-4-2-3-5-22(21)27(30)31/h2-14H,1H3,(H,26,28)/b19-14+. The number of anilines is 1. The number of ether oxygens (including phenoxy) is 1. The summed E-state index contributed by atoms with van der Waals surface area (Å²) in [6.07, 6.45) is 1.33. The first-order valence-electron chi connectivity index (χ1n) is 9.43. The molecule has 3 aromatic carbocycles. The maximum atomic E-state index is 12.4. The van der Waals surface area contributed by atoms with Gasteiger partial charge in [-0.1, -0.05) is 42.0 Å². The number of benzene rings is 3. The SMILES string of the molecule is Cc1ccc(C(=O)Oc2ccc(/C=C(\C#N)C(=O)Nc3ccccc3[N+](=O)[O-])cc2)cc1. The number of esters is 1. The number of amides is 1. The summed E-state index contributed by atoms with van der Waals surface area (Å²) < 4.78 is 5.32. The highest BCUT2D eigenvalue weighted by atomic mass is 16.6. The first kappa shape index (κ1) is 21.9. The van der Waals surface area contributed by atoms with Gasteiger partial charge in [-0.25, -0.2) is 4.79 Å². The summed E-state index contributed by atoms with van der Waals surface area (Å²) in [5.74, 6) is -0.984. The van der Waals surface area contributed by atoms with Crippen molar-refractivity contribution in [1.29, 1.82) is 5.26 Å². The molecule has 0 aromatic heterocycles. The quantitative estimate of drug-likeness (QED) is 0.152. The Morgan fingerprint density at radius 3 is 2.31 bits per heavy atom. The third kappa shape index (κ3) is 5.43. The number of para-hydroxylation sites is 2. The maximum absolute atomic E-state index is 12.4. The summed E-state index contributed by atoms with van der Waals surface area (Å²) >= 11 is 0. The highest BCUT2D eigenvalue weighted by molar-refractivity contribution is 6.10. The van der Waals surface area contributed by atoms with E-state index in [0.717, 1.165) is 5.56 Å². The predicted molar refractivity (Wildman–Crippen MR) is 118 cm³/mol. The minimum Gasteiger partial charge on any atom is -0.423 e. The Labute approximate surface area is 183 Å². The summed E-state index contributed by atoms with van der Waals surface area (Å²) in [4.78, 5) is 35.1. The van der Waals surface area contributed by atoms with E-state index >= 15 is 0 Å². The van der Waals surface area contributed by atoms with Crippen LogP contribution in [0.2, 0.25) is 0 Å². The molecule has 3 aromatic rings. The summed E-state index contributed by atoms with van der Waals surface area (Å²) in [6, 6.07) is 20.6. The lowest BCUT2D eigenvalue weighted by Gasteiger charge is -2.06. The van der Waals surface area contributed by atoms with Crippen molar-refractivity contribution in [3.8, 4) is 11.8 Å². The minimum atomic E-state index is -0.781. The lowest BCUT2D eigenvalue weighted by Crippen LogP contribution is -2.14. The zero-order valence-corrected chi connectivity index (χ0v) is 16.9. The van der Waals surface area contributed by atoms with E-state index in [4.69, 9.17) is 4.74 Å². The topological polar surface area (TPSA) is 122 Å². The van der Waals surface area contributed by atoms with Crippen LogP contribution in [-0.4, -0.2) is 16.8 Å². The third-order valence-corrected chi connectivity index (χ3v) is 4.40. The second kappa shape index (κ2) is 9.82. The summed E-state index contributed by atoms with van der Waals surface area (Å²) in [5, 5.41) is 22.8. The second-order valence-electron chi connectivity index (χ2n) is 6.72. The fourth-order valence-electron chi connectivity index (χ4n) is 2.73. The monoisotopic (exact) mass is 427 g/mol. The largest absolute Gasteiger partial charge is 0.423 e. The van der Waals surface area contributed by atoms with Gasteiger partial charge in [0.15, 0.2) is 0 Å². The van der Waals surface area contributed by atoms with Crippen LogP contribution < -0.4 is 10.1 Å². The van der Waals surface area contributed by atoms with Gasteiger partial charge in [0.2, 0.25) is 0 Å². The van der Waals surface area contributed by atoms with E-state index in [0.29, 0.717) is 16.9 Å². The van der Waals surface area contributed by atoms with Gasteiger partial charge < -0.3 is 10.1 Å². The maximum Gasteiger partial charge on any atom is 0.343 e. The van der Waals surface area contributed by atoms with Gasteiger partial charge >= 0.3 is 5.97 Å². The first-order chi connectivity index (χ1) is 15.4. The van der Waals surface area contributed by atoms with Gasteiger partial charge in [0, 0.05) is 6.07 Å². The Bertz CT molecular complexity index is 1240. The Morgan fingerprint density at radius 1 is 1.03 bits per heavy atom. The molecule has 0 radical (unpaired) electrons. The van der Waals surface area contributed by atoms with E-state index in [1.54, 1.807) is 30.3 Å². The Kier molecular flexibility index (Phi) is 6.73. The van der Waals surface area contributed by atoms with Crippen LogP contribution in [0.4, 0.5) is 11.4 Å². The number of nitro benzene ring substituents is 1. The Morgan fingerprint density at radius 2 is 1.69 bits per heavy atom. The number of rotatable bonds is 6. The second-order valence-corrected chi connectivity index (χ2v) is 6.72. The lowest BCUT2D eigenvalue weighted by atomic mass is 10.1. The number of hydrogen-bond acceptors (Lipinski definition) is 6. The Balaban J connectivity index is 1.72. The molecule has 0 unspecified atom stereocenters. The number of aryl methyl sites for hydroxylation is 1. The third-order valence-electron chi connectivity index (χ3n) is 4.40. The molecule has 0 heterocycles. The zero-order chi connectivity index (χ0) is 23.1. The fourth-order valence-corrected chi connectivity index (χ4v) is 2.73. The van der Waals surface area contributed by atoms with E-state index in [2.05, 4.69) is 5.32 Å². The van der Waals surface area contributed by atoms with Gasteiger partial charge in [-0.15, -0.1) is 0 Å². The van der Waals surface area contributed by atoms with E-state index in [-0.39, 0.29) is 16.9 Å². The molecular weight excluding hydrogens is 410 g/mol. The van der Waals surface area contributed by atoms with Crippen molar-refractivity contribution in [2.75, 3.05) is 5.32 Å². The molecule has 0 aliphatic carbocycles. The summed E-state index contributed by atoms with van der Waals surface area (Å²) in [6.45, 7) is 1.91. The molecule has 158 valence electrons. The number of carbonyl (C=O) groups excluding carboxylic acids is 2. The number of nitrogens with one attached hydrogen (secondary N) is 1. The minimum absolute atomic E-state index is 0.0120. The number of hydrogen-bond donors (Lipinski definition) is 1. The summed E-state index contributed by atoms with van der Waals surface area (Å²) in [7, 11) is 0. The van der Waals surface area contributed by atoms with Crippen molar-refractivity contribution in [3.63, 3.8) is 0 Å². The average Bonchev–Trinajstić information content (AvgIpc) is 2.79. The van der Waals surface area contributed by atoms with Crippen molar-refractivity contribution < 1.29 is 19.2 Å². The van der Waals surface area contributed by atoms with Crippen LogP contribution >= 0.6 is 0 Å². The molecule has 0 aliphatic rings. The van der Waals surface area contributed by atoms with Gasteiger partial charge in [0.05, 0.1) is 10.5 Å². The molecule has 0 aliphatic heterocycles. The van der Waals surface area contributed by atoms with Crippen LogP contribution in [-0.2, 0) is 4.79 Å². The fraction of sp³-hybridized carbons (Fsp3) is 0.0417. The van der Waals surface area contributed by atoms with Gasteiger partial charge in [0.1, 0.15) is 23.1 Å². The molecule has 8 nitrogen and oxygen atoms in total. The van der Waals surface area contributed by atoms with Crippen LogP contribution in [0.25, 0.3) is 6.08 Å². The van der Waals surface area contributed by atoms with Crippen molar-refractivity contribution in [2.45, 2.75) is 6.92 Å². The van der Waals surface area contributed by atoms with Crippen LogP contribution in [0.3, 0.4) is 0 Å². The van der Waals surface area contributed by atoms with Gasteiger partial charge in [-0.3, -0.25) is 14.9 Å². The summed E-state index contributed by atoms with van der Waals surface area (Å²) in [5.41, 5.74) is 1.41. The molecule has 32 heavy (non-hydrogen) atoms. The smallest absolute Gasteiger partial charge is 0.343 e. The normalized spacial score (nSPS) is 10.7. The van der Waals surface area contributed by atoms with Crippen LogP contribution in [0.15, 0.2) is 78.4 Å². The molecule has 1 N–H and O–H groups in total. The average molecular weight is 427 g/mol. The van der Waals surface area contributed by atoms with Gasteiger partial charge in [0.25, 0.3) is 11.6 Å². The van der Waals surface area contributed by atoms with E-state index < -0.39 is 16.8 Å². The number of carbonyl (C=O) groups is 2. The van der Waals surface area contributed by atoms with Crippen molar-refractivity contribution >= 4 is 29.3 Å². The van der Waals surface area contributed by atoms with Gasteiger partial charge in [-0.05, 0) is 48.9 Å². The highest BCUT2D eigenvalue weighted by Gasteiger charge is 2.17. The predicted octanol–water partition coefficient (Wildman–Crippen LogP) is 4.67. The number of nitriles is 1. The highest BCUT2D eigenvalue weighted by Crippen LogP contribution is 2.24. The molecular formula is C24H17N3O5. The molecule has 0 spiro atoms. The molecule has 0 bridgehead atoms. The molecule has 3 rings (SSSR count). The Hall–Kier alpha value is -4.77. The molecule has 1 amide bonds. The van der Waals surface area contributed by atoms with E-state index in [1.165, 1.54) is 42.5 Å². The van der Waals surface area contributed by atoms with Crippen LogP contribution in [0.1, 0.15) is 21.5 Å². The molecule has 0 atom stereocenters. The van der Waals surface area contributed by atoms with E-state index in [1.807, 2.05) is 19.1 Å². The van der Waals surface area contributed by atoms with Gasteiger partial charge in [-0.2, -0.15) is 5.26 Å². The molecule has 0 saturated carbocycles. The zero-order valence-electron chi connectivity index (χ0n) is 16.9. The molecule has 0 fully saturated rings. The molecule has 0 saturated heterocycles. The van der Waals surface area contributed by atoms with Crippen LogP contribution in [0.5, 0.6) is 5.75 Å². The number of nitrogens with zero attached hydrogens (tertiary/aromatic N) is 2. The lowest BCUT2D eigenvalue weighted by molar-refractivity contribution is -0.383. The van der Waals surface area contributed by atoms with Crippen molar-refractivity contribution in [2.24, 2.45) is 0 Å². The van der Waals surface area contributed by atoms with Crippen LogP contribution in [0, 0.1) is 28.4 Å². The number of nitro groups is 1. The van der Waals surface area contributed by atoms with Crippen molar-refractivity contribution in [1.82, 2.24) is 0 Å². The molecule has 8 heteroatoms.